The molecule has 0 saturated carbocycles. The number of methoxy groups -OCH3 is 1. The highest BCUT2D eigenvalue weighted by atomic mass is 16.5. The lowest BCUT2D eigenvalue weighted by molar-refractivity contribution is 0.145. The van der Waals surface area contributed by atoms with Crippen molar-refractivity contribution in [3.05, 3.63) is 46.8 Å². The molecular weight excluding hydrogens is 356 g/mol. The number of aromatic nitrogens is 1. The van der Waals surface area contributed by atoms with Crippen LogP contribution >= 0.6 is 0 Å². The number of nitrogens with one attached hydrogen (secondary N) is 2. The van der Waals surface area contributed by atoms with Crippen molar-refractivity contribution in [3.8, 4) is 5.75 Å². The van der Waals surface area contributed by atoms with Gasteiger partial charge in [0.25, 0.3) is 0 Å². The van der Waals surface area contributed by atoms with Gasteiger partial charge in [-0.05, 0) is 51.3 Å². The number of benzene rings is 1. The Morgan fingerprint density at radius 2 is 1.89 bits per heavy atom. The average molecular weight is 389 g/mol. The van der Waals surface area contributed by atoms with Crippen LogP contribution in [0.4, 0.5) is 0 Å². The van der Waals surface area contributed by atoms with Gasteiger partial charge < -0.3 is 24.6 Å². The number of hydrogen-bond donors (Lipinski definition) is 2. The van der Waals surface area contributed by atoms with E-state index in [1.165, 1.54) is 0 Å². The summed E-state index contributed by atoms with van der Waals surface area (Å²) in [5.41, 5.74) is 3.22. The summed E-state index contributed by atoms with van der Waals surface area (Å²) in [6.45, 7) is 9.56. The van der Waals surface area contributed by atoms with E-state index in [9.17, 15) is 0 Å². The highest BCUT2D eigenvalue weighted by molar-refractivity contribution is 5.79. The summed E-state index contributed by atoms with van der Waals surface area (Å²) in [5, 5.41) is 10.8. The molecule has 0 bridgehead atoms. The van der Waals surface area contributed by atoms with E-state index < -0.39 is 0 Å². The lowest BCUT2D eigenvalue weighted by Crippen LogP contribution is -2.39. The van der Waals surface area contributed by atoms with Gasteiger partial charge in [-0.15, -0.1) is 0 Å². The van der Waals surface area contributed by atoms with Crippen molar-refractivity contribution in [1.82, 2.24) is 15.8 Å². The van der Waals surface area contributed by atoms with Crippen LogP contribution in [0.3, 0.4) is 0 Å². The van der Waals surface area contributed by atoms with E-state index in [1.54, 1.807) is 7.11 Å². The smallest absolute Gasteiger partial charge is 0.191 e. The zero-order valence-corrected chi connectivity index (χ0v) is 17.4. The van der Waals surface area contributed by atoms with E-state index in [2.05, 4.69) is 15.8 Å². The molecule has 7 nitrogen and oxygen atoms in total. The quantitative estimate of drug-likeness (QED) is 0.350. The molecule has 2 N–H and O–H groups in total. The number of ether oxygens (including phenoxy) is 2. The molecule has 7 heteroatoms. The second kappa shape index (κ2) is 12.0. The highest BCUT2D eigenvalue weighted by Crippen LogP contribution is 2.13. The molecule has 154 valence electrons. The van der Waals surface area contributed by atoms with Gasteiger partial charge in [0.05, 0.1) is 19.3 Å². The molecular formula is C21H32N4O3. The zero-order valence-electron chi connectivity index (χ0n) is 17.4. The van der Waals surface area contributed by atoms with Gasteiger partial charge in [0, 0.05) is 31.9 Å². The van der Waals surface area contributed by atoms with Crippen molar-refractivity contribution in [2.45, 2.75) is 40.2 Å². The maximum atomic E-state index is 5.39. The summed E-state index contributed by atoms with van der Waals surface area (Å²) in [5.74, 6) is 2.51. The molecule has 0 amide bonds. The van der Waals surface area contributed by atoms with Crippen LogP contribution in [-0.4, -0.2) is 44.5 Å². The van der Waals surface area contributed by atoms with Crippen LogP contribution in [0.1, 0.15) is 35.9 Å². The summed E-state index contributed by atoms with van der Waals surface area (Å²) in [7, 11) is 1.67. The molecule has 28 heavy (non-hydrogen) atoms. The van der Waals surface area contributed by atoms with Gasteiger partial charge in [-0.25, -0.2) is 4.99 Å². The topological polar surface area (TPSA) is 80.9 Å². The van der Waals surface area contributed by atoms with Crippen molar-refractivity contribution in [3.63, 3.8) is 0 Å². The molecule has 0 spiro atoms. The third-order valence-corrected chi connectivity index (χ3v) is 4.39. The number of hydrogen-bond acceptors (Lipinski definition) is 5. The molecule has 1 aromatic heterocycles. The lowest BCUT2D eigenvalue weighted by atomic mass is 10.1. The van der Waals surface area contributed by atoms with E-state index in [1.807, 2.05) is 45.0 Å². The Balaban J connectivity index is 1.90. The third kappa shape index (κ3) is 7.23. The Morgan fingerprint density at radius 1 is 1.14 bits per heavy atom. The molecule has 0 saturated heterocycles. The SMILES string of the molecule is CCOCCCNC(=NCc1ccc(OC)cc1)NCCc1c(C)noc1C. The van der Waals surface area contributed by atoms with E-state index in [4.69, 9.17) is 19.0 Å². The standard InChI is InChI=1S/C21H32N4O3/c1-5-27-14-6-12-22-21(23-13-11-20-16(2)25-28-17(20)3)24-15-18-7-9-19(26-4)10-8-18/h7-10H,5-6,11-15H2,1-4H3,(H2,22,23,24). The van der Waals surface area contributed by atoms with Crippen molar-refractivity contribution in [2.24, 2.45) is 4.99 Å². The predicted octanol–water partition coefficient (Wildman–Crippen LogP) is 3.00. The first-order valence-corrected chi connectivity index (χ1v) is 9.78. The summed E-state index contributed by atoms with van der Waals surface area (Å²) in [4.78, 5) is 4.70. The van der Waals surface area contributed by atoms with Gasteiger partial charge in [-0.3, -0.25) is 0 Å². The predicted molar refractivity (Wildman–Crippen MR) is 111 cm³/mol. The molecule has 0 fully saturated rings. The van der Waals surface area contributed by atoms with Crippen molar-refractivity contribution < 1.29 is 14.0 Å². The second-order valence-corrected chi connectivity index (χ2v) is 6.47. The van der Waals surface area contributed by atoms with Crippen LogP contribution in [0.5, 0.6) is 5.75 Å². The summed E-state index contributed by atoms with van der Waals surface area (Å²) < 4.78 is 15.8. The Hall–Kier alpha value is -2.54. The monoisotopic (exact) mass is 388 g/mol. The number of nitrogens with zero attached hydrogens (tertiary/aromatic N) is 2. The van der Waals surface area contributed by atoms with Crippen LogP contribution in [0.25, 0.3) is 0 Å². The highest BCUT2D eigenvalue weighted by Gasteiger charge is 2.08. The van der Waals surface area contributed by atoms with Gasteiger partial charge in [-0.2, -0.15) is 0 Å². The Kier molecular flexibility index (Phi) is 9.34. The molecule has 2 aromatic rings. The Bertz CT molecular complexity index is 706. The van der Waals surface area contributed by atoms with E-state index >= 15 is 0 Å². The van der Waals surface area contributed by atoms with Crippen LogP contribution in [-0.2, 0) is 17.7 Å². The summed E-state index contributed by atoms with van der Waals surface area (Å²) in [6, 6.07) is 7.95. The van der Waals surface area contributed by atoms with E-state index in [0.29, 0.717) is 6.54 Å². The third-order valence-electron chi connectivity index (χ3n) is 4.39. The van der Waals surface area contributed by atoms with E-state index in [0.717, 1.165) is 73.4 Å². The Morgan fingerprint density at radius 3 is 2.54 bits per heavy atom. The minimum absolute atomic E-state index is 0.593. The van der Waals surface area contributed by atoms with Crippen molar-refractivity contribution >= 4 is 5.96 Å². The molecule has 2 rings (SSSR count). The first kappa shape index (κ1) is 21.8. The first-order chi connectivity index (χ1) is 13.6. The number of rotatable bonds is 11. The first-order valence-electron chi connectivity index (χ1n) is 9.78. The average Bonchev–Trinajstić information content (AvgIpc) is 3.03. The number of aryl methyl sites for hydroxylation is 2. The van der Waals surface area contributed by atoms with Gasteiger partial charge in [0.1, 0.15) is 11.5 Å². The van der Waals surface area contributed by atoms with E-state index in [-0.39, 0.29) is 0 Å². The molecule has 1 aromatic carbocycles. The second-order valence-electron chi connectivity index (χ2n) is 6.47. The molecule has 0 aliphatic rings. The molecule has 1 heterocycles. The normalized spacial score (nSPS) is 11.5. The van der Waals surface area contributed by atoms with Gasteiger partial charge >= 0.3 is 0 Å². The lowest BCUT2D eigenvalue weighted by Gasteiger charge is -2.13. The largest absolute Gasteiger partial charge is 0.497 e. The minimum Gasteiger partial charge on any atom is -0.497 e. The van der Waals surface area contributed by atoms with Gasteiger partial charge in [0.2, 0.25) is 0 Å². The zero-order chi connectivity index (χ0) is 20.2. The fourth-order valence-electron chi connectivity index (χ4n) is 2.77. The fraction of sp³-hybridized carbons (Fsp3) is 0.524. The molecule has 0 aliphatic carbocycles. The Labute approximate surface area is 167 Å². The van der Waals surface area contributed by atoms with Crippen LogP contribution < -0.4 is 15.4 Å². The van der Waals surface area contributed by atoms with Crippen LogP contribution in [0.2, 0.25) is 0 Å². The summed E-state index contributed by atoms with van der Waals surface area (Å²) >= 11 is 0. The number of guanidine groups is 1. The molecule has 0 unspecified atom stereocenters. The number of aliphatic imine (C=N–C) groups is 1. The molecule has 0 radical (unpaired) electrons. The maximum Gasteiger partial charge on any atom is 0.191 e. The van der Waals surface area contributed by atoms with Gasteiger partial charge in [0.15, 0.2) is 5.96 Å². The minimum atomic E-state index is 0.593. The molecule has 0 aliphatic heterocycles. The van der Waals surface area contributed by atoms with Gasteiger partial charge in [-0.1, -0.05) is 17.3 Å². The maximum absolute atomic E-state index is 5.39. The van der Waals surface area contributed by atoms with Crippen LogP contribution in [0, 0.1) is 13.8 Å². The summed E-state index contributed by atoms with van der Waals surface area (Å²) in [6.07, 6.45) is 1.77. The fourth-order valence-corrected chi connectivity index (χ4v) is 2.77. The van der Waals surface area contributed by atoms with Crippen LogP contribution in [0.15, 0.2) is 33.8 Å². The van der Waals surface area contributed by atoms with Crippen molar-refractivity contribution in [1.29, 1.82) is 0 Å². The molecule has 0 atom stereocenters. The van der Waals surface area contributed by atoms with Crippen molar-refractivity contribution in [2.75, 3.05) is 33.4 Å².